The van der Waals surface area contributed by atoms with Gasteiger partial charge < -0.3 is 10.6 Å². The fraction of sp³-hybridized carbons (Fsp3) is 0.462. The van der Waals surface area contributed by atoms with E-state index in [1.807, 2.05) is 6.07 Å². The number of rotatable bonds is 0. The van der Waals surface area contributed by atoms with E-state index in [0.717, 1.165) is 31.0 Å². The van der Waals surface area contributed by atoms with Crippen LogP contribution in [0.4, 0.5) is 4.39 Å². The van der Waals surface area contributed by atoms with Crippen molar-refractivity contribution in [3.63, 3.8) is 0 Å². The number of nitrogens with two attached hydrogens (primary N) is 1. The maximum atomic E-state index is 13.7. The summed E-state index contributed by atoms with van der Waals surface area (Å²) in [5.74, 6) is 0.413. The monoisotopic (exact) mass is 233 g/mol. The van der Waals surface area contributed by atoms with Gasteiger partial charge in [0.05, 0.1) is 0 Å². The minimum Gasteiger partial charge on any atom is -0.385 e. The fourth-order valence-electron chi connectivity index (χ4n) is 2.66. The van der Waals surface area contributed by atoms with Crippen LogP contribution in [0.2, 0.25) is 0 Å². The molecule has 0 radical (unpaired) electrons. The smallest absolute Gasteiger partial charge is 0.149 e. The first-order chi connectivity index (χ1) is 8.27. The molecule has 1 atom stereocenters. The summed E-state index contributed by atoms with van der Waals surface area (Å²) in [7, 11) is 0. The largest absolute Gasteiger partial charge is 0.385 e. The summed E-state index contributed by atoms with van der Waals surface area (Å²) < 4.78 is 13.7. The normalized spacial score (nSPS) is 23.5. The zero-order valence-corrected chi connectivity index (χ0v) is 9.69. The van der Waals surface area contributed by atoms with E-state index in [-0.39, 0.29) is 12.0 Å². The number of nitrogens with zero attached hydrogens (tertiary/aromatic N) is 2. The molecule has 90 valence electrons. The zero-order chi connectivity index (χ0) is 11.8. The molecule has 0 bridgehead atoms. The number of benzene rings is 1. The summed E-state index contributed by atoms with van der Waals surface area (Å²) in [5, 5.41) is 1.18. The van der Waals surface area contributed by atoms with Crippen LogP contribution in [-0.4, -0.2) is 17.6 Å². The highest BCUT2D eigenvalue weighted by Gasteiger charge is 2.24. The molecule has 2 aliphatic rings. The first-order valence-corrected chi connectivity index (χ1v) is 6.16. The molecular weight excluding hydrogens is 217 g/mol. The Labute approximate surface area is 99.4 Å². The summed E-state index contributed by atoms with van der Waals surface area (Å²) in [5.41, 5.74) is 6.16. The van der Waals surface area contributed by atoms with Crippen molar-refractivity contribution in [3.05, 3.63) is 34.6 Å². The van der Waals surface area contributed by atoms with E-state index in [0.29, 0.717) is 11.2 Å². The van der Waals surface area contributed by atoms with Crippen molar-refractivity contribution in [2.75, 3.05) is 6.54 Å². The van der Waals surface area contributed by atoms with Crippen LogP contribution in [0.25, 0.3) is 5.82 Å². The molecule has 0 amide bonds. The van der Waals surface area contributed by atoms with Gasteiger partial charge in [0.1, 0.15) is 23.2 Å². The molecule has 3 rings (SSSR count). The second-order valence-corrected chi connectivity index (χ2v) is 4.67. The van der Waals surface area contributed by atoms with Crippen LogP contribution in [0.3, 0.4) is 0 Å². The lowest BCUT2D eigenvalue weighted by Crippen LogP contribution is -2.49. The molecule has 0 saturated carbocycles. The van der Waals surface area contributed by atoms with E-state index < -0.39 is 0 Å². The predicted octanol–water partition coefficient (Wildman–Crippen LogP) is 0.685. The highest BCUT2D eigenvalue weighted by molar-refractivity contribution is 5.40. The first-order valence-electron chi connectivity index (χ1n) is 6.16. The van der Waals surface area contributed by atoms with Crippen LogP contribution in [0.1, 0.15) is 25.7 Å². The van der Waals surface area contributed by atoms with Gasteiger partial charge in [-0.15, -0.1) is 0 Å². The quantitative estimate of drug-likeness (QED) is 0.716. The van der Waals surface area contributed by atoms with Gasteiger partial charge >= 0.3 is 0 Å². The van der Waals surface area contributed by atoms with E-state index in [1.54, 1.807) is 6.07 Å². The standard InChI is InChI=1S/C13H16FN3/c14-10-6-4-5-9-12(10)16-11-7-2-1-3-8-17(11)13(9)15/h4-6,11H,1-3,7-8,15H2. The second kappa shape index (κ2) is 4.02. The van der Waals surface area contributed by atoms with Crippen molar-refractivity contribution in [1.29, 1.82) is 0 Å². The lowest BCUT2D eigenvalue weighted by atomic mass is 10.2. The van der Waals surface area contributed by atoms with Crippen molar-refractivity contribution < 1.29 is 4.39 Å². The molecule has 1 fully saturated rings. The highest BCUT2D eigenvalue weighted by atomic mass is 19.1. The molecule has 2 aliphatic heterocycles. The topological polar surface area (TPSA) is 41.6 Å². The highest BCUT2D eigenvalue weighted by Crippen LogP contribution is 2.20. The van der Waals surface area contributed by atoms with E-state index >= 15 is 0 Å². The van der Waals surface area contributed by atoms with Crippen LogP contribution < -0.4 is 16.3 Å². The minimum atomic E-state index is -0.269. The van der Waals surface area contributed by atoms with Gasteiger partial charge in [-0.05, 0) is 31.4 Å². The lowest BCUT2D eigenvalue weighted by Gasteiger charge is -2.31. The van der Waals surface area contributed by atoms with Crippen LogP contribution >= 0.6 is 0 Å². The number of hydrogen-bond acceptors (Lipinski definition) is 3. The van der Waals surface area contributed by atoms with Gasteiger partial charge in [0.15, 0.2) is 0 Å². The second-order valence-electron chi connectivity index (χ2n) is 4.67. The number of hydrogen-bond donors (Lipinski definition) is 1. The minimum absolute atomic E-state index is 0.0295. The third-order valence-corrected chi connectivity index (χ3v) is 3.57. The molecule has 1 aromatic carbocycles. The summed E-state index contributed by atoms with van der Waals surface area (Å²) in [6.45, 7) is 0.927. The van der Waals surface area contributed by atoms with Crippen molar-refractivity contribution >= 4 is 5.82 Å². The number of para-hydroxylation sites is 1. The lowest BCUT2D eigenvalue weighted by molar-refractivity contribution is 0.286. The Morgan fingerprint density at radius 2 is 2.18 bits per heavy atom. The third-order valence-electron chi connectivity index (χ3n) is 3.57. The first kappa shape index (κ1) is 10.6. The van der Waals surface area contributed by atoms with Crippen LogP contribution in [0.15, 0.2) is 23.2 Å². The van der Waals surface area contributed by atoms with Crippen molar-refractivity contribution in [2.24, 2.45) is 10.7 Å². The van der Waals surface area contributed by atoms with E-state index in [1.165, 1.54) is 12.5 Å². The third kappa shape index (κ3) is 1.68. The van der Waals surface area contributed by atoms with Crippen molar-refractivity contribution in [1.82, 2.24) is 4.90 Å². The number of fused-ring (bicyclic) bond motifs is 2. The average molecular weight is 233 g/mol. The molecule has 4 heteroatoms. The Kier molecular flexibility index (Phi) is 2.50. The fourth-order valence-corrected chi connectivity index (χ4v) is 2.66. The maximum absolute atomic E-state index is 13.7. The van der Waals surface area contributed by atoms with Gasteiger partial charge in [-0.3, -0.25) is 4.99 Å². The molecule has 0 aromatic heterocycles. The summed E-state index contributed by atoms with van der Waals surface area (Å²) in [6.07, 6.45) is 4.48. The molecule has 3 nitrogen and oxygen atoms in total. The number of halogens is 1. The summed E-state index contributed by atoms with van der Waals surface area (Å²) >= 11 is 0. The van der Waals surface area contributed by atoms with Crippen LogP contribution in [-0.2, 0) is 0 Å². The summed E-state index contributed by atoms with van der Waals surface area (Å²) in [6, 6.07) is 4.98. The molecule has 0 aliphatic carbocycles. The van der Waals surface area contributed by atoms with Gasteiger partial charge in [-0.2, -0.15) is 0 Å². The molecule has 0 spiro atoms. The molecule has 2 N–H and O–H groups in total. The van der Waals surface area contributed by atoms with Gasteiger partial charge in [-0.25, -0.2) is 4.39 Å². The van der Waals surface area contributed by atoms with E-state index in [4.69, 9.17) is 5.73 Å². The Hall–Kier alpha value is -1.58. The van der Waals surface area contributed by atoms with E-state index in [2.05, 4.69) is 9.89 Å². The molecule has 1 saturated heterocycles. The molecule has 2 heterocycles. The van der Waals surface area contributed by atoms with Gasteiger partial charge in [0.25, 0.3) is 0 Å². The van der Waals surface area contributed by atoms with Crippen molar-refractivity contribution in [3.8, 4) is 0 Å². The maximum Gasteiger partial charge on any atom is 0.149 e. The van der Waals surface area contributed by atoms with Crippen molar-refractivity contribution in [2.45, 2.75) is 31.8 Å². The van der Waals surface area contributed by atoms with Crippen LogP contribution in [0.5, 0.6) is 0 Å². The zero-order valence-electron chi connectivity index (χ0n) is 9.69. The Balaban J connectivity index is 2.22. The molecule has 1 unspecified atom stereocenters. The van der Waals surface area contributed by atoms with Gasteiger partial charge in [-0.1, -0.05) is 12.5 Å². The average Bonchev–Trinajstić information content (AvgIpc) is 2.56. The molecule has 17 heavy (non-hydrogen) atoms. The predicted molar refractivity (Wildman–Crippen MR) is 63.7 cm³/mol. The molecule has 1 aromatic rings. The van der Waals surface area contributed by atoms with E-state index in [9.17, 15) is 4.39 Å². The Morgan fingerprint density at radius 3 is 3.06 bits per heavy atom. The van der Waals surface area contributed by atoms with Gasteiger partial charge in [0.2, 0.25) is 0 Å². The molecular formula is C13H16FN3. The SMILES string of the molecule is NC1=c2cccc(F)c2=NC2CCCCCN12. The van der Waals surface area contributed by atoms with Gasteiger partial charge in [0, 0.05) is 11.8 Å². The van der Waals surface area contributed by atoms with Crippen LogP contribution in [0, 0.1) is 5.82 Å². The summed E-state index contributed by atoms with van der Waals surface area (Å²) in [4.78, 5) is 6.65. The Morgan fingerprint density at radius 1 is 1.29 bits per heavy atom. The Bertz CT molecular complexity index is 552.